The van der Waals surface area contributed by atoms with Gasteiger partial charge < -0.3 is 20.0 Å². The number of benzene rings is 2. The van der Waals surface area contributed by atoms with E-state index in [4.69, 9.17) is 5.11 Å². The number of β-lactam (4-membered cyclic amide) rings is 1. The smallest absolute Gasteiger partial charge is 0.264 e. The average molecular weight is 580 g/mol. The molecule has 9 nitrogen and oxygen atoms in total. The molecular formula is C28H30BrN5O4. The molecule has 3 aromatic rings. The van der Waals surface area contributed by atoms with Gasteiger partial charge in [-0.25, -0.2) is 0 Å². The van der Waals surface area contributed by atoms with Crippen LogP contribution in [0, 0.1) is 5.92 Å². The lowest BCUT2D eigenvalue weighted by molar-refractivity contribution is -0.139. The van der Waals surface area contributed by atoms with E-state index in [-0.39, 0.29) is 18.4 Å². The van der Waals surface area contributed by atoms with Gasteiger partial charge in [0.25, 0.3) is 5.91 Å². The van der Waals surface area contributed by atoms with Crippen LogP contribution in [0.3, 0.4) is 0 Å². The first-order chi connectivity index (χ1) is 18.3. The number of aromatic nitrogens is 3. The summed E-state index contributed by atoms with van der Waals surface area (Å²) in [5.41, 5.74) is 2.05. The van der Waals surface area contributed by atoms with Crippen LogP contribution in [-0.2, 0) is 34.7 Å². The number of amides is 2. The summed E-state index contributed by atoms with van der Waals surface area (Å²) in [6, 6.07) is 13.2. The highest BCUT2D eigenvalue weighted by molar-refractivity contribution is 9.10. The minimum atomic E-state index is -1.71. The summed E-state index contributed by atoms with van der Waals surface area (Å²) in [5.74, 6) is -0.727. The highest BCUT2D eigenvalue weighted by atomic mass is 79.9. The van der Waals surface area contributed by atoms with Crippen LogP contribution < -0.4 is 9.80 Å². The van der Waals surface area contributed by atoms with Gasteiger partial charge in [-0.3, -0.25) is 14.3 Å². The first-order valence-electron chi connectivity index (χ1n) is 12.7. The summed E-state index contributed by atoms with van der Waals surface area (Å²) >= 11 is 3.49. The number of nitrogens with zero attached hydrogens (tertiary/aromatic N) is 5. The molecule has 38 heavy (non-hydrogen) atoms. The second-order valence-electron chi connectivity index (χ2n) is 9.73. The van der Waals surface area contributed by atoms with E-state index in [9.17, 15) is 14.7 Å². The van der Waals surface area contributed by atoms with Crippen molar-refractivity contribution >= 4 is 39.1 Å². The first-order valence-corrected chi connectivity index (χ1v) is 13.5. The normalized spacial score (nSPS) is 19.8. The summed E-state index contributed by atoms with van der Waals surface area (Å²) in [5, 5.41) is 29.0. The number of aryl methyl sites for hydroxylation is 1. The standard InChI is InChI=1S/C28H30BrN5O4/c1-19(4-2-3-13-32-18-22(12-15-35)30-31-32)28(38)24-16-21(29)7-10-25(24)34(27(28)37)17-20-5-8-23(9-6-20)33-14-11-26(33)36/h2,4-10,16,18-19,35,38H,3,11-15,17H2,1H3/b4-2+/t19-,28+/m1/s1. The fraction of sp³-hybridized carbons (Fsp3) is 0.357. The number of fused-ring (bicyclic) bond motifs is 1. The molecule has 0 unspecified atom stereocenters. The van der Waals surface area contributed by atoms with Crippen molar-refractivity contribution in [1.82, 2.24) is 15.0 Å². The summed E-state index contributed by atoms with van der Waals surface area (Å²) < 4.78 is 2.50. The van der Waals surface area contributed by atoms with E-state index in [2.05, 4.69) is 26.2 Å². The lowest BCUT2D eigenvalue weighted by atomic mass is 9.83. The van der Waals surface area contributed by atoms with Crippen LogP contribution in [-0.4, -0.2) is 50.2 Å². The molecule has 2 atom stereocenters. The van der Waals surface area contributed by atoms with Crippen molar-refractivity contribution in [1.29, 1.82) is 0 Å². The van der Waals surface area contributed by atoms with Crippen molar-refractivity contribution in [3.63, 3.8) is 0 Å². The number of hydrogen-bond donors (Lipinski definition) is 2. The SMILES string of the molecule is C[C@H](/C=C/CCn1cc(CCO)nn1)[C@@]1(O)C(=O)N(Cc2ccc(N3CCC3=O)cc2)c2ccc(Br)cc21. The monoisotopic (exact) mass is 579 g/mol. The Bertz CT molecular complexity index is 1370. The Kier molecular flexibility index (Phi) is 7.47. The Labute approximate surface area is 229 Å². The van der Waals surface area contributed by atoms with Gasteiger partial charge in [0.1, 0.15) is 0 Å². The van der Waals surface area contributed by atoms with E-state index in [0.29, 0.717) is 43.6 Å². The second kappa shape index (κ2) is 10.8. The highest BCUT2D eigenvalue weighted by Crippen LogP contribution is 2.46. The molecular weight excluding hydrogens is 550 g/mol. The van der Waals surface area contributed by atoms with Crippen molar-refractivity contribution in [2.24, 2.45) is 5.92 Å². The third-order valence-corrected chi connectivity index (χ3v) is 7.73. The summed E-state index contributed by atoms with van der Waals surface area (Å²) in [4.78, 5) is 28.9. The molecule has 0 saturated carbocycles. The zero-order chi connectivity index (χ0) is 26.9. The number of halogens is 1. The predicted octanol–water partition coefficient (Wildman–Crippen LogP) is 3.33. The van der Waals surface area contributed by atoms with Crippen molar-refractivity contribution in [3.05, 3.63) is 82.1 Å². The molecule has 0 radical (unpaired) electrons. The van der Waals surface area contributed by atoms with Crippen molar-refractivity contribution < 1.29 is 19.8 Å². The quantitative estimate of drug-likeness (QED) is 0.281. The molecule has 2 aliphatic rings. The Morgan fingerprint density at radius 2 is 1.97 bits per heavy atom. The lowest BCUT2D eigenvalue weighted by Gasteiger charge is -2.31. The van der Waals surface area contributed by atoms with Gasteiger partial charge >= 0.3 is 0 Å². The number of carbonyl (C=O) groups excluding carboxylic acids is 2. The molecule has 2 amide bonds. The van der Waals surface area contributed by atoms with Crippen LogP contribution in [0.2, 0.25) is 0 Å². The topological polar surface area (TPSA) is 112 Å². The fourth-order valence-corrected chi connectivity index (χ4v) is 5.31. The Hall–Kier alpha value is -3.34. The van der Waals surface area contributed by atoms with E-state index in [0.717, 1.165) is 28.0 Å². The number of hydrogen-bond acceptors (Lipinski definition) is 6. The minimum Gasteiger partial charge on any atom is -0.396 e. The summed E-state index contributed by atoms with van der Waals surface area (Å²) in [6.45, 7) is 3.51. The molecule has 5 rings (SSSR count). The van der Waals surface area contributed by atoms with Gasteiger partial charge in [-0.2, -0.15) is 0 Å². The van der Waals surface area contributed by atoms with Crippen molar-refractivity contribution in [2.45, 2.75) is 44.9 Å². The van der Waals surface area contributed by atoms with Crippen LogP contribution in [0.15, 0.2) is 65.3 Å². The molecule has 1 fully saturated rings. The van der Waals surface area contributed by atoms with Gasteiger partial charge in [-0.05, 0) is 42.3 Å². The third kappa shape index (κ3) is 4.91. The molecule has 1 saturated heterocycles. The zero-order valence-electron chi connectivity index (χ0n) is 21.1. The van der Waals surface area contributed by atoms with Crippen LogP contribution >= 0.6 is 15.9 Å². The van der Waals surface area contributed by atoms with Crippen LogP contribution in [0.5, 0.6) is 0 Å². The van der Waals surface area contributed by atoms with E-state index in [1.807, 2.05) is 61.5 Å². The Morgan fingerprint density at radius 1 is 1.18 bits per heavy atom. The van der Waals surface area contributed by atoms with Crippen molar-refractivity contribution in [2.75, 3.05) is 23.0 Å². The minimum absolute atomic E-state index is 0.0300. The largest absolute Gasteiger partial charge is 0.396 e. The van der Waals surface area contributed by atoms with E-state index in [1.54, 1.807) is 20.7 Å². The maximum Gasteiger partial charge on any atom is 0.264 e. The Balaban J connectivity index is 1.31. The summed E-state index contributed by atoms with van der Waals surface area (Å²) in [6.07, 6.45) is 7.32. The van der Waals surface area contributed by atoms with Crippen LogP contribution in [0.4, 0.5) is 11.4 Å². The molecule has 2 aromatic carbocycles. The lowest BCUT2D eigenvalue weighted by Crippen LogP contribution is -2.44. The molecule has 10 heteroatoms. The molecule has 198 valence electrons. The maximum atomic E-state index is 13.8. The van der Waals surface area contributed by atoms with Gasteiger partial charge in [-0.15, -0.1) is 5.10 Å². The third-order valence-electron chi connectivity index (χ3n) is 7.23. The van der Waals surface area contributed by atoms with E-state index < -0.39 is 11.5 Å². The van der Waals surface area contributed by atoms with Gasteiger partial charge in [0.05, 0.1) is 17.9 Å². The second-order valence-corrected chi connectivity index (χ2v) is 10.6. The van der Waals surface area contributed by atoms with E-state index in [1.165, 1.54) is 0 Å². The molecule has 1 aromatic heterocycles. The Morgan fingerprint density at radius 3 is 2.66 bits per heavy atom. The number of allylic oxidation sites excluding steroid dienone is 1. The van der Waals surface area contributed by atoms with Gasteiger partial charge in [0.2, 0.25) is 5.91 Å². The van der Waals surface area contributed by atoms with Crippen LogP contribution in [0.25, 0.3) is 0 Å². The van der Waals surface area contributed by atoms with E-state index >= 15 is 0 Å². The molecule has 2 N–H and O–H groups in total. The molecule has 0 bridgehead atoms. The van der Waals surface area contributed by atoms with Gasteiger partial charge in [0.15, 0.2) is 5.60 Å². The first kappa shape index (κ1) is 26.3. The molecule has 3 heterocycles. The number of carbonyl (C=O) groups is 2. The number of aliphatic hydroxyl groups is 2. The maximum absolute atomic E-state index is 13.8. The van der Waals surface area contributed by atoms with Gasteiger partial charge in [-0.1, -0.05) is 52.4 Å². The van der Waals surface area contributed by atoms with Crippen LogP contribution in [0.1, 0.15) is 36.6 Å². The zero-order valence-corrected chi connectivity index (χ0v) is 22.7. The average Bonchev–Trinajstić information content (AvgIpc) is 3.43. The molecule has 0 spiro atoms. The molecule has 0 aliphatic carbocycles. The number of rotatable bonds is 10. The number of aliphatic hydroxyl groups excluding tert-OH is 1. The van der Waals surface area contributed by atoms with Gasteiger partial charge in [0, 0.05) is 60.4 Å². The number of anilines is 2. The molecule has 2 aliphatic heterocycles. The summed E-state index contributed by atoms with van der Waals surface area (Å²) in [7, 11) is 0. The predicted molar refractivity (Wildman–Crippen MR) is 146 cm³/mol. The van der Waals surface area contributed by atoms with Crippen molar-refractivity contribution in [3.8, 4) is 0 Å². The highest BCUT2D eigenvalue weighted by Gasteiger charge is 2.52. The fourth-order valence-electron chi connectivity index (χ4n) is 4.95.